The molecule has 13 N–H and O–H groups in total. The Morgan fingerprint density at radius 1 is 0.754 bits per heavy atom. The Balaban J connectivity index is 1.77. The second kappa shape index (κ2) is 29.2. The van der Waals surface area contributed by atoms with Gasteiger partial charge in [-0.05, 0) is 94.9 Å². The van der Waals surface area contributed by atoms with E-state index in [1.165, 1.54) is 30.5 Å². The number of carbonyl (C=O) groups excluding carboxylic acids is 8. The molecule has 1 saturated heterocycles. The van der Waals surface area contributed by atoms with Gasteiger partial charge in [0.2, 0.25) is 47.3 Å². The van der Waals surface area contributed by atoms with Crippen molar-refractivity contribution in [3.63, 3.8) is 0 Å². The molecule has 21 nitrogen and oxygen atoms in total. The molecule has 3 rings (SSSR count). The van der Waals surface area contributed by atoms with Crippen LogP contribution < -0.4 is 48.7 Å². The van der Waals surface area contributed by atoms with E-state index in [0.29, 0.717) is 37.1 Å². The zero-order valence-corrected chi connectivity index (χ0v) is 42.5. The molecule has 2 heterocycles. The predicted octanol–water partition coefficient (Wildman–Crippen LogP) is -0.665. The number of aromatic amines is 1. The number of nitrogens with two attached hydrogens (primary N) is 2. The van der Waals surface area contributed by atoms with Crippen molar-refractivity contribution in [2.45, 2.75) is 133 Å². The fraction of sp³-hybridized carbons (Fsp3) is 0.622. The first-order chi connectivity index (χ1) is 32.8. The molecule has 24 heteroatoms. The first-order valence-corrected chi connectivity index (χ1v) is 25.8. The lowest BCUT2D eigenvalue weighted by molar-refractivity contribution is -0.142. The lowest BCUT2D eigenvalue weighted by atomic mass is 10.0. The molecule has 0 radical (unpaired) electrons. The van der Waals surface area contributed by atoms with Crippen LogP contribution in [-0.2, 0) is 49.6 Å². The van der Waals surface area contributed by atoms with Crippen LogP contribution in [-0.4, -0.2) is 159 Å². The highest BCUT2D eigenvalue weighted by Gasteiger charge is 2.39. The minimum absolute atomic E-state index is 0.0145. The summed E-state index contributed by atoms with van der Waals surface area (Å²) < 4.78 is 0. The number of aliphatic carboxylic acids is 1. The topological polar surface area (TPSA) is 329 Å². The van der Waals surface area contributed by atoms with Gasteiger partial charge in [-0.2, -0.15) is 37.0 Å². The van der Waals surface area contributed by atoms with Crippen molar-refractivity contribution in [3.8, 4) is 0 Å². The number of thioether (sulfide) groups is 1. The van der Waals surface area contributed by atoms with Crippen LogP contribution >= 0.6 is 37.0 Å². The number of thiol groups is 2. The summed E-state index contributed by atoms with van der Waals surface area (Å²) in [6, 6.07) is -2.80. The summed E-state index contributed by atoms with van der Waals surface area (Å²) in [7, 11) is 0. The zero-order chi connectivity index (χ0) is 51.4. The minimum Gasteiger partial charge on any atom is -0.480 e. The number of likely N-dealkylation sites (tertiary alicyclic amines) is 1. The van der Waals surface area contributed by atoms with Gasteiger partial charge in [-0.15, -0.1) is 0 Å². The van der Waals surface area contributed by atoms with Gasteiger partial charge < -0.3 is 63.7 Å². The van der Waals surface area contributed by atoms with Crippen molar-refractivity contribution in [3.05, 3.63) is 36.0 Å². The number of amides is 8. The molecule has 0 bridgehead atoms. The summed E-state index contributed by atoms with van der Waals surface area (Å²) in [6.07, 6.45) is 5.92. The van der Waals surface area contributed by atoms with E-state index in [1.807, 2.05) is 44.4 Å². The first-order valence-electron chi connectivity index (χ1n) is 23.1. The number of fused-ring (bicyclic) bond motifs is 1. The fourth-order valence-corrected chi connectivity index (χ4v) is 8.55. The number of H-pyrrole nitrogens is 1. The number of hydrogen-bond acceptors (Lipinski definition) is 14. The number of carbonyl (C=O) groups is 9. The fourth-order valence-electron chi connectivity index (χ4n) is 7.66. The molecular weight excluding hydrogens is 951 g/mol. The van der Waals surface area contributed by atoms with Crippen molar-refractivity contribution < 1.29 is 48.3 Å². The predicted molar refractivity (Wildman–Crippen MR) is 270 cm³/mol. The van der Waals surface area contributed by atoms with Gasteiger partial charge in [0.15, 0.2) is 0 Å². The summed E-state index contributed by atoms with van der Waals surface area (Å²) in [6.45, 7) is 7.10. The van der Waals surface area contributed by atoms with Gasteiger partial charge in [0.05, 0.1) is 6.04 Å². The number of para-hydroxylation sites is 1. The van der Waals surface area contributed by atoms with Crippen molar-refractivity contribution in [1.29, 1.82) is 0 Å². The summed E-state index contributed by atoms with van der Waals surface area (Å²) >= 11 is 9.48. The van der Waals surface area contributed by atoms with Gasteiger partial charge >= 0.3 is 5.97 Å². The van der Waals surface area contributed by atoms with Crippen LogP contribution in [0.2, 0.25) is 0 Å². The van der Waals surface area contributed by atoms with Gasteiger partial charge in [0.25, 0.3) is 0 Å². The molecule has 1 aliphatic heterocycles. The van der Waals surface area contributed by atoms with Crippen LogP contribution in [0.3, 0.4) is 0 Å². The normalized spacial score (nSPS) is 17.0. The molecular formula is C45H71N11O10S3. The average Bonchev–Trinajstić information content (AvgIpc) is 3.98. The van der Waals surface area contributed by atoms with Gasteiger partial charge in [0, 0.05) is 41.6 Å². The van der Waals surface area contributed by atoms with E-state index in [0.717, 1.165) is 10.9 Å². The van der Waals surface area contributed by atoms with Crippen LogP contribution in [0, 0.1) is 5.92 Å². The van der Waals surface area contributed by atoms with Crippen LogP contribution in [0.15, 0.2) is 30.5 Å². The molecule has 2 aromatic rings. The number of nitrogens with one attached hydrogen (secondary N) is 8. The Labute approximate surface area is 418 Å². The van der Waals surface area contributed by atoms with Crippen molar-refractivity contribution >= 4 is 101 Å². The highest BCUT2D eigenvalue weighted by atomic mass is 32.2. The van der Waals surface area contributed by atoms with E-state index >= 15 is 0 Å². The van der Waals surface area contributed by atoms with Crippen LogP contribution in [0.1, 0.15) is 78.2 Å². The first kappa shape index (κ1) is 58.3. The van der Waals surface area contributed by atoms with Gasteiger partial charge in [-0.1, -0.05) is 32.0 Å². The molecule has 9 atom stereocenters. The lowest BCUT2D eigenvalue weighted by Gasteiger charge is -2.30. The Bertz CT molecular complexity index is 2090. The monoisotopic (exact) mass is 1020 g/mol. The molecule has 8 amide bonds. The maximum absolute atomic E-state index is 14.1. The molecule has 69 heavy (non-hydrogen) atoms. The number of carboxylic acid groups (broad SMARTS) is 1. The quantitative estimate of drug-likeness (QED) is 0.0356. The van der Waals surface area contributed by atoms with E-state index in [4.69, 9.17) is 11.5 Å². The summed E-state index contributed by atoms with van der Waals surface area (Å²) in [4.78, 5) is 125. The number of rotatable bonds is 29. The second-order valence-corrected chi connectivity index (χ2v) is 19.2. The standard InChI is InChI=1S/C45H71N11O10S3/c1-24(2)19-33(53-40(60)31(13-8-9-16-46)51-38(58)29(47)22-67)42(62)52-32(15-18-69-5)39(59)50-26(4)44(64)56-17-10-14-36(56)43(63)54-34(20-27-21-48-30-12-7-6-11-28(27)30)41(61)49-25(3)37(57)55-35(23-68)45(65)66/h6-7,11-12,21,24-26,29,31-36,48,67-68H,8-10,13-20,22-23,46-47H2,1-5H3,(H,49,61)(H,50,59)(H,51,58)(H,52,62)(H,53,60)(H,54,63)(H,55,57)(H,65,66)/t25-,26-,29-,31-,32-,33-,34-,35-,36-/m0/s1. The minimum atomic E-state index is -1.30. The number of unbranched alkanes of at least 4 members (excludes halogenated alkanes) is 1. The van der Waals surface area contributed by atoms with Gasteiger partial charge in [-0.3, -0.25) is 38.4 Å². The SMILES string of the molecule is CSCC[C@H](NC(=O)[C@H](CC(C)C)NC(=O)[C@H](CCCCN)NC(=O)[C@@H](N)CS)C(=O)N[C@@H](C)C(=O)N1CCC[C@H]1C(=O)N[C@@H](Cc1c[nH]c2ccccc12)C(=O)N[C@@H](C)C(=O)N[C@@H](CS)C(=O)O. The van der Waals surface area contributed by atoms with Gasteiger partial charge in [0.1, 0.15) is 48.3 Å². The van der Waals surface area contributed by atoms with Crippen molar-refractivity contribution in [1.82, 2.24) is 47.1 Å². The molecule has 384 valence electrons. The number of carboxylic acids is 1. The Kier molecular flexibility index (Phi) is 24.7. The van der Waals surface area contributed by atoms with Crippen LogP contribution in [0.5, 0.6) is 0 Å². The van der Waals surface area contributed by atoms with Crippen LogP contribution in [0.25, 0.3) is 10.9 Å². The maximum atomic E-state index is 14.1. The molecule has 0 aliphatic carbocycles. The van der Waals surface area contributed by atoms with E-state index in [-0.39, 0.29) is 56.1 Å². The zero-order valence-electron chi connectivity index (χ0n) is 39.9. The maximum Gasteiger partial charge on any atom is 0.327 e. The third-order valence-electron chi connectivity index (χ3n) is 11.5. The lowest BCUT2D eigenvalue weighted by Crippen LogP contribution is -2.60. The highest BCUT2D eigenvalue weighted by Crippen LogP contribution is 2.22. The van der Waals surface area contributed by atoms with E-state index in [9.17, 15) is 48.3 Å². The molecule has 1 aliphatic rings. The molecule has 1 fully saturated rings. The molecule has 1 aromatic heterocycles. The molecule has 1 aromatic carbocycles. The van der Waals surface area contributed by atoms with Crippen molar-refractivity contribution in [2.75, 3.05) is 36.6 Å². The van der Waals surface area contributed by atoms with E-state index < -0.39 is 108 Å². The number of benzene rings is 1. The summed E-state index contributed by atoms with van der Waals surface area (Å²) in [5, 5.41) is 28.7. The Morgan fingerprint density at radius 2 is 1.35 bits per heavy atom. The molecule has 0 unspecified atom stereocenters. The average molecular weight is 1020 g/mol. The third-order valence-corrected chi connectivity index (χ3v) is 12.9. The Morgan fingerprint density at radius 3 is 1.99 bits per heavy atom. The van der Waals surface area contributed by atoms with Gasteiger partial charge in [-0.25, -0.2) is 4.79 Å². The smallest absolute Gasteiger partial charge is 0.327 e. The number of hydrogen-bond donors (Lipinski definition) is 13. The van der Waals surface area contributed by atoms with Crippen molar-refractivity contribution in [2.24, 2.45) is 17.4 Å². The molecule has 0 saturated carbocycles. The molecule has 0 spiro atoms. The largest absolute Gasteiger partial charge is 0.480 e. The van der Waals surface area contributed by atoms with E-state index in [1.54, 1.807) is 6.20 Å². The Hall–Kier alpha value is -5.04. The second-order valence-electron chi connectivity index (χ2n) is 17.5. The third kappa shape index (κ3) is 18.0. The highest BCUT2D eigenvalue weighted by molar-refractivity contribution is 7.98. The van der Waals surface area contributed by atoms with Crippen LogP contribution in [0.4, 0.5) is 0 Å². The number of nitrogens with zero attached hydrogens (tertiary/aromatic N) is 1. The van der Waals surface area contributed by atoms with E-state index in [2.05, 4.69) is 67.5 Å². The summed E-state index contributed by atoms with van der Waals surface area (Å²) in [5.74, 6) is -6.30. The number of aromatic nitrogens is 1. The summed E-state index contributed by atoms with van der Waals surface area (Å²) in [5.41, 5.74) is 13.0.